The molecule has 0 aromatic heterocycles. The lowest BCUT2D eigenvalue weighted by Gasteiger charge is -2.18. The summed E-state index contributed by atoms with van der Waals surface area (Å²) in [7, 11) is 0. The second-order valence-electron chi connectivity index (χ2n) is 22.7. The molecule has 0 rings (SSSR count). The average Bonchev–Trinajstić information content (AvgIpc) is 3.42. The first-order chi connectivity index (χ1) is 37.5. The number of rotatable bonds is 62. The largest absolute Gasteiger partial charge is 0.462 e. The summed E-state index contributed by atoms with van der Waals surface area (Å²) in [6.07, 6.45) is 81.2. The number of esters is 3. The van der Waals surface area contributed by atoms with E-state index < -0.39 is 6.10 Å². The van der Waals surface area contributed by atoms with Crippen LogP contribution in [0.2, 0.25) is 0 Å². The van der Waals surface area contributed by atoms with Crippen molar-refractivity contribution < 1.29 is 28.6 Å². The van der Waals surface area contributed by atoms with E-state index >= 15 is 0 Å². The molecular formula is C70H128O6. The Labute approximate surface area is 473 Å². The van der Waals surface area contributed by atoms with Gasteiger partial charge in [0, 0.05) is 19.3 Å². The monoisotopic (exact) mass is 1060 g/mol. The number of carbonyl (C=O) groups is 3. The molecule has 0 aromatic rings. The molecule has 0 saturated heterocycles. The topological polar surface area (TPSA) is 78.9 Å². The van der Waals surface area contributed by atoms with E-state index in [1.807, 2.05) is 0 Å². The summed E-state index contributed by atoms with van der Waals surface area (Å²) in [5.74, 6) is -0.864. The predicted molar refractivity (Wildman–Crippen MR) is 330 cm³/mol. The number of ether oxygens (including phenoxy) is 3. The number of allylic oxidation sites excluding steroid dienone is 8. The van der Waals surface area contributed by atoms with Crippen molar-refractivity contribution in [2.45, 2.75) is 367 Å². The molecular weight excluding hydrogens is 937 g/mol. The highest BCUT2D eigenvalue weighted by Gasteiger charge is 2.19. The van der Waals surface area contributed by atoms with Crippen LogP contribution < -0.4 is 0 Å². The molecule has 1 unspecified atom stereocenters. The van der Waals surface area contributed by atoms with Crippen LogP contribution in [0, 0.1) is 0 Å². The number of carbonyl (C=O) groups excluding carboxylic acids is 3. The van der Waals surface area contributed by atoms with Crippen LogP contribution in [0.1, 0.15) is 361 Å². The SMILES string of the molecule is CCCCC/C=C\C/C=C\C/C=C\CCCCCCCCC(=O)OC(COC(=O)CCCCCCCCCCCCC/C=C\CCCCCCCCCC)COC(=O)CCCCCCCCCCCCCCCCCC. The first kappa shape index (κ1) is 73.4. The van der Waals surface area contributed by atoms with Gasteiger partial charge in [-0.3, -0.25) is 14.4 Å². The van der Waals surface area contributed by atoms with Gasteiger partial charge in [0.2, 0.25) is 0 Å². The van der Waals surface area contributed by atoms with Gasteiger partial charge in [-0.25, -0.2) is 0 Å². The zero-order valence-electron chi connectivity index (χ0n) is 51.0. The fourth-order valence-corrected chi connectivity index (χ4v) is 9.98. The molecule has 6 heteroatoms. The fraction of sp³-hybridized carbons (Fsp3) is 0.843. The minimum Gasteiger partial charge on any atom is -0.462 e. The Morgan fingerprint density at radius 1 is 0.263 bits per heavy atom. The zero-order chi connectivity index (χ0) is 55.0. The third-order valence-corrected chi connectivity index (χ3v) is 15.1. The molecule has 6 nitrogen and oxygen atoms in total. The molecule has 0 N–H and O–H groups in total. The average molecular weight is 1070 g/mol. The van der Waals surface area contributed by atoms with E-state index in [4.69, 9.17) is 14.2 Å². The van der Waals surface area contributed by atoms with Crippen molar-refractivity contribution in [2.75, 3.05) is 13.2 Å². The smallest absolute Gasteiger partial charge is 0.306 e. The summed E-state index contributed by atoms with van der Waals surface area (Å²) in [5.41, 5.74) is 0. The Balaban J connectivity index is 4.33. The van der Waals surface area contributed by atoms with Crippen LogP contribution in [0.25, 0.3) is 0 Å². The highest BCUT2D eigenvalue weighted by atomic mass is 16.6. The summed E-state index contributed by atoms with van der Waals surface area (Å²) < 4.78 is 17.0. The number of unbranched alkanes of at least 4 members (excludes halogenated alkanes) is 43. The van der Waals surface area contributed by atoms with Crippen molar-refractivity contribution in [1.82, 2.24) is 0 Å². The van der Waals surface area contributed by atoms with Gasteiger partial charge in [-0.1, -0.05) is 307 Å². The van der Waals surface area contributed by atoms with Gasteiger partial charge in [-0.2, -0.15) is 0 Å². The van der Waals surface area contributed by atoms with E-state index in [1.54, 1.807) is 0 Å². The Morgan fingerprint density at radius 3 is 0.776 bits per heavy atom. The molecule has 0 spiro atoms. The molecule has 0 aliphatic rings. The van der Waals surface area contributed by atoms with Gasteiger partial charge in [0.1, 0.15) is 13.2 Å². The molecule has 444 valence electrons. The molecule has 1 atom stereocenters. The minimum atomic E-state index is -0.780. The molecule has 0 fully saturated rings. The summed E-state index contributed by atoms with van der Waals surface area (Å²) in [6, 6.07) is 0. The minimum absolute atomic E-state index is 0.0746. The van der Waals surface area contributed by atoms with E-state index in [9.17, 15) is 14.4 Å². The van der Waals surface area contributed by atoms with Gasteiger partial charge >= 0.3 is 17.9 Å². The van der Waals surface area contributed by atoms with Gasteiger partial charge in [0.05, 0.1) is 0 Å². The third-order valence-electron chi connectivity index (χ3n) is 15.1. The molecule has 0 amide bonds. The maximum absolute atomic E-state index is 12.9. The first-order valence-corrected chi connectivity index (χ1v) is 33.6. The Morgan fingerprint density at radius 2 is 0.474 bits per heavy atom. The first-order valence-electron chi connectivity index (χ1n) is 33.6. The second-order valence-corrected chi connectivity index (χ2v) is 22.7. The van der Waals surface area contributed by atoms with Gasteiger partial charge in [-0.05, 0) is 83.5 Å². The van der Waals surface area contributed by atoms with Crippen LogP contribution in [0.4, 0.5) is 0 Å². The van der Waals surface area contributed by atoms with Crippen molar-refractivity contribution in [3.63, 3.8) is 0 Å². The van der Waals surface area contributed by atoms with Crippen LogP contribution in [0.3, 0.4) is 0 Å². The van der Waals surface area contributed by atoms with Crippen molar-refractivity contribution in [2.24, 2.45) is 0 Å². The molecule has 0 saturated carbocycles. The lowest BCUT2D eigenvalue weighted by Crippen LogP contribution is -2.30. The molecule has 0 bridgehead atoms. The molecule has 0 aliphatic heterocycles. The molecule has 0 heterocycles. The Bertz CT molecular complexity index is 1310. The maximum Gasteiger partial charge on any atom is 0.306 e. The lowest BCUT2D eigenvalue weighted by atomic mass is 10.0. The van der Waals surface area contributed by atoms with Gasteiger partial charge in [0.15, 0.2) is 6.10 Å². The van der Waals surface area contributed by atoms with Crippen LogP contribution in [-0.4, -0.2) is 37.2 Å². The van der Waals surface area contributed by atoms with E-state index in [0.29, 0.717) is 19.3 Å². The fourth-order valence-electron chi connectivity index (χ4n) is 9.98. The van der Waals surface area contributed by atoms with E-state index in [1.165, 1.54) is 244 Å². The van der Waals surface area contributed by atoms with Gasteiger partial charge in [0.25, 0.3) is 0 Å². The van der Waals surface area contributed by atoms with Crippen LogP contribution in [0.15, 0.2) is 48.6 Å². The standard InChI is InChI=1S/C70H128O6/c1-4-7-10-13-16-19-22-25-28-31-33-34-35-36-38-39-42-45-48-51-54-57-60-63-69(72)75-66-67(65-74-68(71)62-59-56-53-50-47-44-41-30-27-24-21-18-15-12-9-6-3)76-70(73)64-61-58-55-52-49-46-43-40-37-32-29-26-23-20-17-14-11-8-5-2/h17,20,26,29,31,33,37,40,67H,4-16,18-19,21-25,27-28,30,32,34-36,38-39,41-66H2,1-3H3/b20-17-,29-26-,33-31-,40-37-. The van der Waals surface area contributed by atoms with Gasteiger partial charge < -0.3 is 14.2 Å². The normalized spacial score (nSPS) is 12.3. The van der Waals surface area contributed by atoms with E-state index in [-0.39, 0.29) is 31.1 Å². The summed E-state index contributed by atoms with van der Waals surface area (Å²) in [6.45, 7) is 6.66. The zero-order valence-corrected chi connectivity index (χ0v) is 51.0. The molecule has 0 aromatic carbocycles. The van der Waals surface area contributed by atoms with Crippen LogP contribution >= 0.6 is 0 Å². The third kappa shape index (κ3) is 62.2. The van der Waals surface area contributed by atoms with Gasteiger partial charge in [-0.15, -0.1) is 0 Å². The highest BCUT2D eigenvalue weighted by Crippen LogP contribution is 2.17. The predicted octanol–water partition coefficient (Wildman–Crippen LogP) is 22.9. The highest BCUT2D eigenvalue weighted by molar-refractivity contribution is 5.71. The van der Waals surface area contributed by atoms with E-state index in [2.05, 4.69) is 69.4 Å². The Kier molecular flexibility index (Phi) is 62.6. The summed E-state index contributed by atoms with van der Waals surface area (Å²) in [5, 5.41) is 0. The lowest BCUT2D eigenvalue weighted by molar-refractivity contribution is -0.167. The van der Waals surface area contributed by atoms with Crippen molar-refractivity contribution in [1.29, 1.82) is 0 Å². The number of hydrogen-bond donors (Lipinski definition) is 0. The van der Waals surface area contributed by atoms with Crippen molar-refractivity contribution in [3.8, 4) is 0 Å². The van der Waals surface area contributed by atoms with Crippen LogP contribution in [0.5, 0.6) is 0 Å². The molecule has 0 radical (unpaired) electrons. The van der Waals surface area contributed by atoms with Crippen LogP contribution in [-0.2, 0) is 28.6 Å². The molecule has 76 heavy (non-hydrogen) atoms. The summed E-state index contributed by atoms with van der Waals surface area (Å²) in [4.78, 5) is 38.4. The maximum atomic E-state index is 12.9. The summed E-state index contributed by atoms with van der Waals surface area (Å²) >= 11 is 0. The quantitative estimate of drug-likeness (QED) is 0.0261. The Hall–Kier alpha value is -2.63. The van der Waals surface area contributed by atoms with Crippen molar-refractivity contribution >= 4 is 17.9 Å². The van der Waals surface area contributed by atoms with E-state index in [0.717, 1.165) is 77.0 Å². The van der Waals surface area contributed by atoms with Crippen molar-refractivity contribution in [3.05, 3.63) is 48.6 Å². The number of hydrogen-bond acceptors (Lipinski definition) is 6. The second kappa shape index (κ2) is 64.9. The molecule has 0 aliphatic carbocycles.